The van der Waals surface area contributed by atoms with Gasteiger partial charge in [0.15, 0.2) is 0 Å². The monoisotopic (exact) mass is 278 g/mol. The Morgan fingerprint density at radius 1 is 1.46 bits per heavy atom. The molecule has 0 unspecified atom stereocenters. The first-order valence-corrected chi connectivity index (χ1v) is 5.96. The highest BCUT2D eigenvalue weighted by Crippen LogP contribution is 2.34. The molecular weight excluding hydrogens is 275 g/mol. The van der Waals surface area contributed by atoms with Crippen molar-refractivity contribution in [1.82, 2.24) is 0 Å². The fourth-order valence-electron chi connectivity index (χ4n) is 1.16. The normalized spacial score (nSPS) is 11.0. The van der Waals surface area contributed by atoms with Crippen molar-refractivity contribution >= 4 is 49.0 Å². The second kappa shape index (κ2) is 3.56. The summed E-state index contributed by atoms with van der Waals surface area (Å²) in [6.07, 6.45) is 0. The third kappa shape index (κ3) is 1.60. The van der Waals surface area contributed by atoms with Crippen LogP contribution in [-0.4, -0.2) is 0 Å². The van der Waals surface area contributed by atoms with Gasteiger partial charge < -0.3 is 0 Å². The van der Waals surface area contributed by atoms with E-state index in [1.807, 2.05) is 6.07 Å². The Bertz CT molecular complexity index is 452. The van der Waals surface area contributed by atoms with Crippen LogP contribution in [-0.2, 0) is 5.33 Å². The molecule has 0 atom stereocenters. The van der Waals surface area contributed by atoms with E-state index in [2.05, 4.69) is 15.9 Å². The summed E-state index contributed by atoms with van der Waals surface area (Å²) in [5.74, 6) is -0.350. The third-order valence-corrected chi connectivity index (χ3v) is 4.39. The maximum absolute atomic E-state index is 13.0. The highest BCUT2D eigenvalue weighted by atomic mass is 79.9. The molecule has 0 aliphatic rings. The van der Waals surface area contributed by atoms with Crippen LogP contribution in [0.5, 0.6) is 0 Å². The van der Waals surface area contributed by atoms with Crippen molar-refractivity contribution in [3.8, 4) is 0 Å². The first-order chi connectivity index (χ1) is 6.22. The summed E-state index contributed by atoms with van der Waals surface area (Å²) in [5.41, 5.74) is 0. The first-order valence-electron chi connectivity index (χ1n) is 3.65. The fraction of sp³-hybridized carbons (Fsp3) is 0.111. The van der Waals surface area contributed by atoms with Crippen LogP contribution in [0.2, 0.25) is 5.02 Å². The van der Waals surface area contributed by atoms with Crippen LogP contribution in [0.1, 0.15) is 4.88 Å². The lowest BCUT2D eigenvalue weighted by atomic mass is 10.2. The minimum Gasteiger partial charge on any atom is -0.205 e. The molecule has 68 valence electrons. The molecule has 0 bridgehead atoms. The van der Waals surface area contributed by atoms with E-state index < -0.39 is 0 Å². The molecule has 13 heavy (non-hydrogen) atoms. The zero-order valence-electron chi connectivity index (χ0n) is 6.48. The zero-order valence-corrected chi connectivity index (χ0v) is 9.64. The standard InChI is InChI=1S/C9H5BrClFS/c10-4-6-3-5-1-2-7(12)8(11)9(5)13-6/h1-3H,4H2. The van der Waals surface area contributed by atoms with Gasteiger partial charge in [-0.2, -0.15) is 0 Å². The van der Waals surface area contributed by atoms with Gasteiger partial charge in [-0.3, -0.25) is 0 Å². The quantitative estimate of drug-likeness (QED) is 0.670. The van der Waals surface area contributed by atoms with Crippen LogP contribution in [0, 0.1) is 5.82 Å². The van der Waals surface area contributed by atoms with Gasteiger partial charge in [0.05, 0.1) is 9.72 Å². The highest BCUT2D eigenvalue weighted by molar-refractivity contribution is 9.08. The Hall–Kier alpha value is -0.120. The molecule has 0 radical (unpaired) electrons. The minimum absolute atomic E-state index is 0.231. The Kier molecular flexibility index (Phi) is 2.58. The maximum atomic E-state index is 13.0. The van der Waals surface area contributed by atoms with Gasteiger partial charge in [0, 0.05) is 10.2 Å². The van der Waals surface area contributed by atoms with E-state index in [4.69, 9.17) is 11.6 Å². The predicted molar refractivity (Wildman–Crippen MR) is 59.4 cm³/mol. The van der Waals surface area contributed by atoms with Gasteiger partial charge in [0.2, 0.25) is 0 Å². The summed E-state index contributed by atoms with van der Waals surface area (Å²) in [4.78, 5) is 1.16. The number of fused-ring (bicyclic) bond motifs is 1. The van der Waals surface area contributed by atoms with Crippen LogP contribution >= 0.6 is 38.9 Å². The number of halogens is 3. The maximum Gasteiger partial charge on any atom is 0.143 e. The largest absolute Gasteiger partial charge is 0.205 e. The van der Waals surface area contributed by atoms with Crippen LogP contribution < -0.4 is 0 Å². The summed E-state index contributed by atoms with van der Waals surface area (Å²) >= 11 is 10.7. The summed E-state index contributed by atoms with van der Waals surface area (Å²) < 4.78 is 13.9. The topological polar surface area (TPSA) is 0 Å². The van der Waals surface area contributed by atoms with E-state index in [1.165, 1.54) is 17.4 Å². The van der Waals surface area contributed by atoms with E-state index in [1.54, 1.807) is 6.07 Å². The van der Waals surface area contributed by atoms with E-state index >= 15 is 0 Å². The average Bonchev–Trinajstić information content (AvgIpc) is 2.55. The third-order valence-electron chi connectivity index (χ3n) is 1.76. The van der Waals surface area contributed by atoms with E-state index in [0.717, 1.165) is 20.3 Å². The molecule has 0 saturated heterocycles. The summed E-state index contributed by atoms with van der Waals surface area (Å²) in [6, 6.07) is 5.16. The van der Waals surface area contributed by atoms with E-state index in [0.29, 0.717) is 0 Å². The van der Waals surface area contributed by atoms with Gasteiger partial charge >= 0.3 is 0 Å². The second-order valence-electron chi connectivity index (χ2n) is 2.63. The Balaban J connectivity index is 2.76. The molecule has 2 aromatic rings. The molecular formula is C9H5BrClFS. The highest BCUT2D eigenvalue weighted by Gasteiger charge is 2.08. The van der Waals surface area contributed by atoms with Crippen molar-refractivity contribution in [2.45, 2.75) is 5.33 Å². The molecule has 0 aliphatic carbocycles. The average molecular weight is 280 g/mol. The van der Waals surface area contributed by atoms with Gasteiger partial charge in [-0.05, 0) is 17.5 Å². The van der Waals surface area contributed by atoms with E-state index in [9.17, 15) is 4.39 Å². The molecule has 2 rings (SSSR count). The number of alkyl halides is 1. The molecule has 0 amide bonds. The molecule has 1 aromatic heterocycles. The van der Waals surface area contributed by atoms with Crippen LogP contribution in [0.3, 0.4) is 0 Å². The van der Waals surface area contributed by atoms with Crippen molar-refractivity contribution < 1.29 is 4.39 Å². The van der Waals surface area contributed by atoms with Gasteiger partial charge in [0.25, 0.3) is 0 Å². The van der Waals surface area contributed by atoms with Gasteiger partial charge in [0.1, 0.15) is 5.82 Å². The minimum atomic E-state index is -0.350. The number of hydrogen-bond acceptors (Lipinski definition) is 1. The fourth-order valence-corrected chi connectivity index (χ4v) is 2.89. The van der Waals surface area contributed by atoms with Gasteiger partial charge in [-0.25, -0.2) is 4.39 Å². The van der Waals surface area contributed by atoms with Crippen LogP contribution in [0.15, 0.2) is 18.2 Å². The molecule has 1 heterocycles. The number of thiophene rings is 1. The molecule has 0 spiro atoms. The van der Waals surface area contributed by atoms with Crippen LogP contribution in [0.4, 0.5) is 4.39 Å². The molecule has 0 N–H and O–H groups in total. The Labute approximate surface area is 92.5 Å². The molecule has 0 nitrogen and oxygen atoms in total. The van der Waals surface area contributed by atoms with Crippen molar-refractivity contribution in [1.29, 1.82) is 0 Å². The first kappa shape index (κ1) is 9.44. The Morgan fingerprint density at radius 2 is 2.23 bits per heavy atom. The zero-order chi connectivity index (χ0) is 9.42. The van der Waals surface area contributed by atoms with Gasteiger partial charge in [-0.1, -0.05) is 33.6 Å². The van der Waals surface area contributed by atoms with E-state index in [-0.39, 0.29) is 10.8 Å². The van der Waals surface area contributed by atoms with Crippen LogP contribution in [0.25, 0.3) is 10.1 Å². The van der Waals surface area contributed by atoms with Crippen molar-refractivity contribution in [2.75, 3.05) is 0 Å². The Morgan fingerprint density at radius 3 is 2.92 bits per heavy atom. The van der Waals surface area contributed by atoms with Crippen molar-refractivity contribution in [3.63, 3.8) is 0 Å². The molecule has 0 aliphatic heterocycles. The predicted octanol–water partition coefficient (Wildman–Crippen LogP) is 4.59. The van der Waals surface area contributed by atoms with Crippen molar-refractivity contribution in [3.05, 3.63) is 33.9 Å². The molecule has 1 aromatic carbocycles. The SMILES string of the molecule is Fc1ccc2cc(CBr)sc2c1Cl. The number of benzene rings is 1. The van der Waals surface area contributed by atoms with Crippen molar-refractivity contribution in [2.24, 2.45) is 0 Å². The number of rotatable bonds is 1. The summed E-state index contributed by atoms with van der Waals surface area (Å²) in [6.45, 7) is 0. The molecule has 0 saturated carbocycles. The summed E-state index contributed by atoms with van der Waals surface area (Å²) in [7, 11) is 0. The lowest BCUT2D eigenvalue weighted by molar-refractivity contribution is 0.630. The van der Waals surface area contributed by atoms with Gasteiger partial charge in [-0.15, -0.1) is 11.3 Å². The summed E-state index contributed by atoms with van der Waals surface area (Å²) in [5, 5.41) is 2.02. The molecule has 4 heteroatoms. The second-order valence-corrected chi connectivity index (χ2v) is 4.70. The lowest BCUT2D eigenvalue weighted by Crippen LogP contribution is -1.73. The number of hydrogen-bond donors (Lipinski definition) is 0. The smallest absolute Gasteiger partial charge is 0.143 e. The lowest BCUT2D eigenvalue weighted by Gasteiger charge is -1.93. The molecule has 0 fully saturated rings.